The van der Waals surface area contributed by atoms with Crippen LogP contribution in [0.1, 0.15) is 25.7 Å². The van der Waals surface area contributed by atoms with E-state index >= 15 is 0 Å². The molecule has 1 aliphatic rings. The van der Waals surface area contributed by atoms with Gasteiger partial charge in [-0.15, -0.1) is 0 Å². The Morgan fingerprint density at radius 1 is 1.17 bits per heavy atom. The van der Waals surface area contributed by atoms with E-state index < -0.39 is 8.24 Å². The van der Waals surface area contributed by atoms with Crippen LogP contribution in [0.3, 0.4) is 0 Å². The van der Waals surface area contributed by atoms with Crippen LogP contribution in [-0.2, 0) is 0 Å². The highest BCUT2D eigenvalue weighted by molar-refractivity contribution is 7.80. The van der Waals surface area contributed by atoms with Gasteiger partial charge in [-0.05, 0) is 19.3 Å². The Bertz CT molecular complexity index is 174. The van der Waals surface area contributed by atoms with E-state index in [0.717, 1.165) is 6.42 Å². The standard InChI is InChI=1S/C9H19NSSi/c1-12(2,3)10-8-6-4-5-7-9(10)11/h4-8H2,1-3H3. The number of hydrogen-bond acceptors (Lipinski definition) is 1. The maximum absolute atomic E-state index is 5.42. The molecule has 1 nitrogen and oxygen atoms in total. The van der Waals surface area contributed by atoms with E-state index in [2.05, 4.69) is 24.2 Å². The molecule has 0 aromatic rings. The summed E-state index contributed by atoms with van der Waals surface area (Å²) in [6.07, 6.45) is 5.16. The molecule has 0 atom stereocenters. The Morgan fingerprint density at radius 3 is 2.42 bits per heavy atom. The molecular formula is C9H19NSSi. The van der Waals surface area contributed by atoms with Gasteiger partial charge in [-0.2, -0.15) is 0 Å². The second kappa shape index (κ2) is 3.88. The summed E-state index contributed by atoms with van der Waals surface area (Å²) < 4.78 is 2.52. The first-order valence-electron chi connectivity index (χ1n) is 4.82. The maximum atomic E-state index is 5.42. The van der Waals surface area contributed by atoms with Crippen LogP contribution in [0.5, 0.6) is 0 Å². The largest absolute Gasteiger partial charge is 0.393 e. The van der Waals surface area contributed by atoms with Crippen LogP contribution in [0, 0.1) is 0 Å². The maximum Gasteiger partial charge on any atom is 0.148 e. The molecule has 0 bridgehead atoms. The second-order valence-electron chi connectivity index (χ2n) is 4.53. The van der Waals surface area contributed by atoms with Gasteiger partial charge in [0.1, 0.15) is 8.24 Å². The molecule has 0 radical (unpaired) electrons. The fourth-order valence-electron chi connectivity index (χ4n) is 1.69. The smallest absolute Gasteiger partial charge is 0.148 e. The molecule has 0 spiro atoms. The Kier molecular flexibility index (Phi) is 3.29. The summed E-state index contributed by atoms with van der Waals surface area (Å²) in [7, 11) is -1.16. The van der Waals surface area contributed by atoms with Crippen LogP contribution in [-0.4, -0.2) is 24.3 Å². The first kappa shape index (κ1) is 10.2. The van der Waals surface area contributed by atoms with Gasteiger partial charge < -0.3 is 4.57 Å². The van der Waals surface area contributed by atoms with Crippen molar-refractivity contribution in [2.45, 2.75) is 45.3 Å². The molecule has 0 aromatic carbocycles. The number of rotatable bonds is 1. The van der Waals surface area contributed by atoms with E-state index in [0.29, 0.717) is 0 Å². The van der Waals surface area contributed by atoms with Gasteiger partial charge in [0.15, 0.2) is 0 Å². The van der Waals surface area contributed by atoms with E-state index in [1.165, 1.54) is 30.8 Å². The highest BCUT2D eigenvalue weighted by Crippen LogP contribution is 2.19. The van der Waals surface area contributed by atoms with Gasteiger partial charge in [0.2, 0.25) is 0 Å². The van der Waals surface area contributed by atoms with Crippen LogP contribution in [0.2, 0.25) is 19.6 Å². The van der Waals surface area contributed by atoms with Crippen LogP contribution in [0.4, 0.5) is 0 Å². The van der Waals surface area contributed by atoms with Crippen molar-refractivity contribution in [2.24, 2.45) is 0 Å². The van der Waals surface area contributed by atoms with Gasteiger partial charge in [-0.1, -0.05) is 38.3 Å². The summed E-state index contributed by atoms with van der Waals surface area (Å²) in [6.45, 7) is 8.36. The molecule has 12 heavy (non-hydrogen) atoms. The van der Waals surface area contributed by atoms with E-state index in [9.17, 15) is 0 Å². The molecule has 0 saturated carbocycles. The minimum atomic E-state index is -1.16. The third-order valence-corrected chi connectivity index (χ3v) is 5.08. The third-order valence-electron chi connectivity index (χ3n) is 2.38. The fraction of sp³-hybridized carbons (Fsp3) is 0.889. The lowest BCUT2D eigenvalue weighted by molar-refractivity contribution is 0.590. The molecule has 0 aromatic heterocycles. The summed E-state index contributed by atoms with van der Waals surface area (Å²) >= 11 is 5.42. The predicted molar refractivity (Wildman–Crippen MR) is 61.1 cm³/mol. The molecule has 0 unspecified atom stereocenters. The Labute approximate surface area is 82.2 Å². The average Bonchev–Trinajstić information content (AvgIpc) is 2.11. The molecule has 1 rings (SSSR count). The van der Waals surface area contributed by atoms with Crippen molar-refractivity contribution in [3.8, 4) is 0 Å². The number of nitrogens with zero attached hydrogens (tertiary/aromatic N) is 1. The van der Waals surface area contributed by atoms with Crippen molar-refractivity contribution < 1.29 is 0 Å². The summed E-state index contributed by atoms with van der Waals surface area (Å²) in [4.78, 5) is 1.23. The molecule has 1 saturated heterocycles. The molecular weight excluding hydrogens is 182 g/mol. The first-order chi connectivity index (χ1) is 5.52. The van der Waals surface area contributed by atoms with Gasteiger partial charge in [0.05, 0.1) is 4.99 Å². The zero-order valence-electron chi connectivity index (χ0n) is 8.39. The molecule has 0 amide bonds. The van der Waals surface area contributed by atoms with Gasteiger partial charge >= 0.3 is 0 Å². The fourth-order valence-corrected chi connectivity index (χ4v) is 4.44. The molecule has 1 heterocycles. The Morgan fingerprint density at radius 2 is 1.83 bits per heavy atom. The lowest BCUT2D eigenvalue weighted by Gasteiger charge is -2.35. The zero-order chi connectivity index (χ0) is 9.19. The van der Waals surface area contributed by atoms with Gasteiger partial charge in [-0.3, -0.25) is 0 Å². The first-order valence-corrected chi connectivity index (χ1v) is 8.68. The minimum absolute atomic E-state index is 1.15. The van der Waals surface area contributed by atoms with E-state index in [1.807, 2.05) is 0 Å². The van der Waals surface area contributed by atoms with Crippen molar-refractivity contribution in [1.82, 2.24) is 4.57 Å². The molecule has 1 aliphatic heterocycles. The van der Waals surface area contributed by atoms with Gasteiger partial charge in [0, 0.05) is 6.54 Å². The van der Waals surface area contributed by atoms with Crippen LogP contribution in [0.15, 0.2) is 0 Å². The normalized spacial score (nSPS) is 20.9. The van der Waals surface area contributed by atoms with E-state index in [1.54, 1.807) is 0 Å². The molecule has 0 aliphatic carbocycles. The average molecular weight is 201 g/mol. The van der Waals surface area contributed by atoms with Gasteiger partial charge in [0.25, 0.3) is 0 Å². The highest BCUT2D eigenvalue weighted by Gasteiger charge is 2.26. The molecule has 1 fully saturated rings. The third kappa shape index (κ3) is 2.56. The van der Waals surface area contributed by atoms with Crippen LogP contribution in [0.25, 0.3) is 0 Å². The lowest BCUT2D eigenvalue weighted by atomic mass is 10.2. The van der Waals surface area contributed by atoms with Crippen molar-refractivity contribution >= 4 is 25.4 Å². The topological polar surface area (TPSA) is 3.24 Å². The monoisotopic (exact) mass is 201 g/mol. The minimum Gasteiger partial charge on any atom is -0.393 e. The Hall–Kier alpha value is 0.107. The summed E-state index contributed by atoms with van der Waals surface area (Å²) in [5, 5.41) is 0. The zero-order valence-corrected chi connectivity index (χ0v) is 10.2. The number of thiocarbonyl (C=S) groups is 1. The van der Waals surface area contributed by atoms with Crippen molar-refractivity contribution in [2.75, 3.05) is 6.54 Å². The quantitative estimate of drug-likeness (QED) is 0.474. The Balaban J connectivity index is 2.66. The summed E-state index contributed by atoms with van der Waals surface area (Å²) in [5.41, 5.74) is 0. The van der Waals surface area contributed by atoms with E-state index in [4.69, 9.17) is 12.2 Å². The lowest BCUT2D eigenvalue weighted by Crippen LogP contribution is -2.48. The van der Waals surface area contributed by atoms with E-state index in [-0.39, 0.29) is 0 Å². The number of hydrogen-bond donors (Lipinski definition) is 0. The SMILES string of the molecule is C[Si](C)(C)N1CCCCCC1=S. The highest BCUT2D eigenvalue weighted by atomic mass is 32.1. The summed E-state index contributed by atoms with van der Waals surface area (Å²) in [5.74, 6) is 0. The van der Waals surface area contributed by atoms with Crippen LogP contribution >= 0.6 is 12.2 Å². The molecule has 0 N–H and O–H groups in total. The second-order valence-corrected chi connectivity index (χ2v) is 9.88. The van der Waals surface area contributed by atoms with Gasteiger partial charge in [-0.25, -0.2) is 0 Å². The van der Waals surface area contributed by atoms with Crippen molar-refractivity contribution in [3.63, 3.8) is 0 Å². The molecule has 70 valence electrons. The van der Waals surface area contributed by atoms with Crippen molar-refractivity contribution in [3.05, 3.63) is 0 Å². The van der Waals surface area contributed by atoms with Crippen LogP contribution < -0.4 is 0 Å². The van der Waals surface area contributed by atoms with Crippen molar-refractivity contribution in [1.29, 1.82) is 0 Å². The summed E-state index contributed by atoms with van der Waals surface area (Å²) in [6, 6.07) is 0. The molecule has 3 heteroatoms. The predicted octanol–water partition coefficient (Wildman–Crippen LogP) is 3.02.